The highest BCUT2D eigenvalue weighted by Gasteiger charge is 2.08. The number of hydrogen-bond acceptors (Lipinski definition) is 2. The maximum absolute atomic E-state index is 5.91. The van der Waals surface area contributed by atoms with Crippen LogP contribution in [0.3, 0.4) is 0 Å². The second-order valence-corrected chi connectivity index (χ2v) is 5.76. The zero-order valence-electron chi connectivity index (χ0n) is 10.9. The molecule has 2 nitrogen and oxygen atoms in total. The number of pyridine rings is 1. The van der Waals surface area contributed by atoms with Crippen molar-refractivity contribution in [2.75, 3.05) is 0 Å². The van der Waals surface area contributed by atoms with Gasteiger partial charge in [0.25, 0.3) is 0 Å². The van der Waals surface area contributed by atoms with E-state index < -0.39 is 0 Å². The molecule has 0 aliphatic carbocycles. The molecule has 1 heterocycles. The Morgan fingerprint density at radius 3 is 2.79 bits per heavy atom. The van der Waals surface area contributed by atoms with E-state index in [0.717, 1.165) is 15.8 Å². The normalized spacial score (nSPS) is 10.8. The van der Waals surface area contributed by atoms with Crippen molar-refractivity contribution in [2.24, 2.45) is 0 Å². The lowest BCUT2D eigenvalue weighted by atomic mass is 10.0. The largest absolute Gasteiger partial charge is 0.439 e. The minimum absolute atomic E-state index is 0.367. The van der Waals surface area contributed by atoms with Crippen LogP contribution in [0, 0.1) is 0 Å². The molecule has 0 amide bonds. The first kappa shape index (κ1) is 14.4. The molecule has 0 fully saturated rings. The number of ether oxygens (including phenoxy) is 1. The van der Waals surface area contributed by atoms with E-state index in [2.05, 4.69) is 40.8 Å². The van der Waals surface area contributed by atoms with Crippen molar-refractivity contribution in [1.82, 2.24) is 4.98 Å². The van der Waals surface area contributed by atoms with Crippen molar-refractivity contribution in [1.29, 1.82) is 0 Å². The average Bonchev–Trinajstić information content (AvgIpc) is 2.41. The van der Waals surface area contributed by atoms with Crippen LogP contribution >= 0.6 is 27.5 Å². The maximum atomic E-state index is 5.91. The third kappa shape index (κ3) is 3.71. The van der Waals surface area contributed by atoms with Crippen LogP contribution in [-0.4, -0.2) is 4.98 Å². The molecule has 0 aliphatic heterocycles. The average molecular weight is 341 g/mol. The van der Waals surface area contributed by atoms with Gasteiger partial charge < -0.3 is 4.74 Å². The molecule has 1 aromatic heterocycles. The van der Waals surface area contributed by atoms with Crippen LogP contribution in [0.1, 0.15) is 30.9 Å². The van der Waals surface area contributed by atoms with Crippen molar-refractivity contribution < 1.29 is 4.74 Å². The smallest absolute Gasteiger partial charge is 0.223 e. The van der Waals surface area contributed by atoms with E-state index in [1.807, 2.05) is 24.3 Å². The van der Waals surface area contributed by atoms with Gasteiger partial charge in [-0.15, -0.1) is 11.6 Å². The Balaban J connectivity index is 2.28. The highest BCUT2D eigenvalue weighted by molar-refractivity contribution is 9.10. The van der Waals surface area contributed by atoms with Gasteiger partial charge in [0.15, 0.2) is 0 Å². The predicted octanol–water partition coefficient (Wildman–Crippen LogP) is 5.50. The zero-order valence-corrected chi connectivity index (χ0v) is 13.2. The second-order valence-electron chi connectivity index (χ2n) is 4.58. The summed E-state index contributed by atoms with van der Waals surface area (Å²) in [5.74, 6) is 2.17. The fourth-order valence-corrected chi connectivity index (χ4v) is 2.28. The fourth-order valence-electron chi connectivity index (χ4n) is 1.71. The van der Waals surface area contributed by atoms with Crippen molar-refractivity contribution >= 4 is 27.5 Å². The van der Waals surface area contributed by atoms with E-state index in [-0.39, 0.29) is 0 Å². The lowest BCUT2D eigenvalue weighted by molar-refractivity contribution is 0.457. The lowest BCUT2D eigenvalue weighted by Crippen LogP contribution is -1.94. The molecule has 19 heavy (non-hydrogen) atoms. The number of benzene rings is 1. The fraction of sp³-hybridized carbons (Fsp3) is 0.267. The van der Waals surface area contributed by atoms with Crippen LogP contribution in [0.15, 0.2) is 41.0 Å². The molecular weight excluding hydrogens is 326 g/mol. The van der Waals surface area contributed by atoms with Gasteiger partial charge in [0.2, 0.25) is 5.88 Å². The Labute approximate surface area is 126 Å². The first-order chi connectivity index (χ1) is 9.10. The molecule has 0 saturated carbocycles. The predicted molar refractivity (Wildman–Crippen MR) is 82.1 cm³/mol. The van der Waals surface area contributed by atoms with E-state index in [4.69, 9.17) is 16.3 Å². The van der Waals surface area contributed by atoms with Crippen LogP contribution in [0.4, 0.5) is 0 Å². The van der Waals surface area contributed by atoms with Gasteiger partial charge in [-0.2, -0.15) is 0 Å². The molecular formula is C15H15BrClNO. The number of alkyl halides is 1. The van der Waals surface area contributed by atoms with Crippen molar-refractivity contribution in [2.45, 2.75) is 25.6 Å². The molecule has 0 atom stereocenters. The minimum atomic E-state index is 0.367. The second kappa shape index (κ2) is 6.40. The van der Waals surface area contributed by atoms with Gasteiger partial charge in [0, 0.05) is 16.2 Å². The summed E-state index contributed by atoms with van der Waals surface area (Å²) in [4.78, 5) is 4.27. The van der Waals surface area contributed by atoms with Gasteiger partial charge in [0.1, 0.15) is 5.75 Å². The maximum Gasteiger partial charge on any atom is 0.223 e. The van der Waals surface area contributed by atoms with E-state index in [9.17, 15) is 0 Å². The topological polar surface area (TPSA) is 22.1 Å². The number of aromatic nitrogens is 1. The van der Waals surface area contributed by atoms with Gasteiger partial charge in [-0.1, -0.05) is 26.0 Å². The molecule has 0 N–H and O–H groups in total. The highest BCUT2D eigenvalue weighted by Crippen LogP contribution is 2.28. The molecule has 1 aromatic carbocycles. The van der Waals surface area contributed by atoms with E-state index in [0.29, 0.717) is 17.7 Å². The van der Waals surface area contributed by atoms with E-state index >= 15 is 0 Å². The van der Waals surface area contributed by atoms with E-state index in [1.54, 1.807) is 6.20 Å². The van der Waals surface area contributed by atoms with Gasteiger partial charge in [-0.25, -0.2) is 4.98 Å². The summed E-state index contributed by atoms with van der Waals surface area (Å²) < 4.78 is 6.72. The summed E-state index contributed by atoms with van der Waals surface area (Å²) in [5, 5.41) is 0. The SMILES string of the molecule is CC(C)c1cccc(Oc2ncc(Br)cc2CCl)c1. The van der Waals surface area contributed by atoms with Gasteiger partial charge in [-0.3, -0.25) is 0 Å². The Hall–Kier alpha value is -1.06. The minimum Gasteiger partial charge on any atom is -0.439 e. The number of halogens is 2. The molecule has 100 valence electrons. The first-order valence-corrected chi connectivity index (χ1v) is 7.41. The lowest BCUT2D eigenvalue weighted by Gasteiger charge is -2.11. The summed E-state index contributed by atoms with van der Waals surface area (Å²) in [7, 11) is 0. The van der Waals surface area contributed by atoms with Crippen LogP contribution in [-0.2, 0) is 5.88 Å². The molecule has 0 spiro atoms. The Morgan fingerprint density at radius 2 is 2.11 bits per heavy atom. The van der Waals surface area contributed by atoms with Gasteiger partial charge in [-0.05, 0) is 45.6 Å². The third-order valence-corrected chi connectivity index (χ3v) is 3.50. The summed E-state index contributed by atoms with van der Waals surface area (Å²) in [6, 6.07) is 9.96. The molecule has 0 radical (unpaired) electrons. The van der Waals surface area contributed by atoms with Gasteiger partial charge >= 0.3 is 0 Å². The monoisotopic (exact) mass is 339 g/mol. The summed E-state index contributed by atoms with van der Waals surface area (Å²) in [5.41, 5.74) is 2.10. The van der Waals surface area contributed by atoms with Crippen molar-refractivity contribution in [3.63, 3.8) is 0 Å². The highest BCUT2D eigenvalue weighted by atomic mass is 79.9. The first-order valence-electron chi connectivity index (χ1n) is 6.08. The van der Waals surface area contributed by atoms with Crippen molar-refractivity contribution in [3.05, 3.63) is 52.1 Å². The summed E-state index contributed by atoms with van der Waals surface area (Å²) in [6.07, 6.45) is 1.71. The van der Waals surface area contributed by atoms with Crippen LogP contribution in [0.5, 0.6) is 11.6 Å². The Kier molecular flexibility index (Phi) is 4.83. The molecule has 0 bridgehead atoms. The van der Waals surface area contributed by atoms with Crippen LogP contribution < -0.4 is 4.74 Å². The van der Waals surface area contributed by atoms with E-state index in [1.165, 1.54) is 5.56 Å². The zero-order chi connectivity index (χ0) is 13.8. The third-order valence-electron chi connectivity index (χ3n) is 2.78. The number of nitrogens with zero attached hydrogens (tertiary/aromatic N) is 1. The summed E-state index contributed by atoms with van der Waals surface area (Å²) in [6.45, 7) is 4.31. The Bertz CT molecular complexity index is 572. The molecule has 0 unspecified atom stereocenters. The number of hydrogen-bond donors (Lipinski definition) is 0. The molecule has 2 rings (SSSR count). The molecule has 0 aliphatic rings. The quantitative estimate of drug-likeness (QED) is 0.686. The molecule has 4 heteroatoms. The Morgan fingerprint density at radius 1 is 1.32 bits per heavy atom. The van der Waals surface area contributed by atoms with Gasteiger partial charge in [0.05, 0.1) is 5.88 Å². The van der Waals surface area contributed by atoms with Crippen molar-refractivity contribution in [3.8, 4) is 11.6 Å². The number of rotatable bonds is 4. The molecule has 2 aromatic rings. The summed E-state index contributed by atoms with van der Waals surface area (Å²) >= 11 is 9.29. The van der Waals surface area contributed by atoms with Crippen LogP contribution in [0.25, 0.3) is 0 Å². The van der Waals surface area contributed by atoms with Crippen LogP contribution in [0.2, 0.25) is 0 Å². The molecule has 0 saturated heterocycles. The standard InChI is InChI=1S/C15H15BrClNO/c1-10(2)11-4-3-5-14(7-11)19-15-12(8-17)6-13(16)9-18-15/h3-7,9-10H,8H2,1-2H3.